The average molecular weight is 363 g/mol. The maximum atomic E-state index is 13.7. The molecule has 0 aliphatic carbocycles. The number of halogens is 4. The van der Waals surface area contributed by atoms with Crippen molar-refractivity contribution in [1.82, 2.24) is 4.31 Å². The molecule has 0 amide bonds. The van der Waals surface area contributed by atoms with Gasteiger partial charge in [0.15, 0.2) is 5.82 Å². The largest absolute Gasteiger partial charge is 0.378 e. The summed E-state index contributed by atoms with van der Waals surface area (Å²) in [5, 5.41) is -0.748. The van der Waals surface area contributed by atoms with Crippen molar-refractivity contribution < 1.29 is 17.5 Å². The maximum Gasteiger partial charge on any atom is 0.245 e. The Hall–Kier alpha value is -0.110. The quantitative estimate of drug-likeness (QED) is 0.613. The molecular weight excluding hydrogens is 352 g/mol. The third-order valence-electron chi connectivity index (χ3n) is 2.94. The fourth-order valence-corrected chi connectivity index (χ4v) is 4.56. The van der Waals surface area contributed by atoms with Crippen molar-refractivity contribution in [2.24, 2.45) is 0 Å². The summed E-state index contributed by atoms with van der Waals surface area (Å²) in [7, 11) is -3.95. The molecule has 2 rings (SSSR count). The highest BCUT2D eigenvalue weighted by Gasteiger charge is 2.35. The standard InChI is InChI=1S/C11H11Cl3FNO3S/c12-5-7-6-19-4-3-16(7)20(17,18)9-2-1-8(13)11(15)10(9)14/h1-2,7H,3-6H2. The van der Waals surface area contributed by atoms with E-state index in [4.69, 9.17) is 39.5 Å². The molecule has 1 unspecified atom stereocenters. The van der Waals surface area contributed by atoms with Crippen molar-refractivity contribution in [2.75, 3.05) is 25.6 Å². The van der Waals surface area contributed by atoms with Gasteiger partial charge in [-0.05, 0) is 12.1 Å². The molecular formula is C11H11Cl3FNO3S. The number of benzene rings is 1. The van der Waals surface area contributed by atoms with E-state index < -0.39 is 26.9 Å². The number of morpholine rings is 1. The third kappa shape index (κ3) is 2.91. The van der Waals surface area contributed by atoms with Gasteiger partial charge in [-0.1, -0.05) is 23.2 Å². The highest BCUT2D eigenvalue weighted by Crippen LogP contribution is 2.32. The fraction of sp³-hybridized carbons (Fsp3) is 0.455. The topological polar surface area (TPSA) is 46.6 Å². The van der Waals surface area contributed by atoms with E-state index in [9.17, 15) is 12.8 Å². The molecule has 0 spiro atoms. The molecule has 0 N–H and O–H groups in total. The predicted octanol–water partition coefficient (Wildman–Crippen LogP) is 2.76. The molecule has 1 aromatic carbocycles. The summed E-state index contributed by atoms with van der Waals surface area (Å²) in [5.41, 5.74) is 0. The van der Waals surface area contributed by atoms with Gasteiger partial charge < -0.3 is 4.74 Å². The van der Waals surface area contributed by atoms with E-state index in [-0.39, 0.29) is 35.6 Å². The van der Waals surface area contributed by atoms with Gasteiger partial charge in [-0.25, -0.2) is 12.8 Å². The Morgan fingerprint density at radius 3 is 2.75 bits per heavy atom. The second-order valence-electron chi connectivity index (χ2n) is 4.17. The molecule has 1 aromatic rings. The zero-order valence-corrected chi connectivity index (χ0v) is 13.2. The number of sulfonamides is 1. The van der Waals surface area contributed by atoms with Crippen LogP contribution in [0.4, 0.5) is 4.39 Å². The van der Waals surface area contributed by atoms with E-state index in [1.807, 2.05) is 0 Å². The Morgan fingerprint density at radius 2 is 2.10 bits per heavy atom. The molecule has 9 heteroatoms. The number of nitrogens with zero attached hydrogens (tertiary/aromatic N) is 1. The van der Waals surface area contributed by atoms with Gasteiger partial charge in [-0.2, -0.15) is 4.31 Å². The van der Waals surface area contributed by atoms with Gasteiger partial charge in [-0.3, -0.25) is 0 Å². The number of ether oxygens (including phenoxy) is 1. The summed E-state index contributed by atoms with van der Waals surface area (Å²) in [6.07, 6.45) is 0. The molecule has 112 valence electrons. The van der Waals surface area contributed by atoms with Crippen molar-refractivity contribution in [3.63, 3.8) is 0 Å². The van der Waals surface area contributed by atoms with Crippen molar-refractivity contribution in [1.29, 1.82) is 0 Å². The Balaban J connectivity index is 2.47. The third-order valence-corrected chi connectivity index (χ3v) is 6.06. The van der Waals surface area contributed by atoms with Gasteiger partial charge in [0.2, 0.25) is 10.0 Å². The van der Waals surface area contributed by atoms with Gasteiger partial charge in [0.25, 0.3) is 0 Å². The van der Waals surface area contributed by atoms with E-state index in [0.717, 1.165) is 6.07 Å². The number of alkyl halides is 1. The summed E-state index contributed by atoms with van der Waals surface area (Å²) < 4.78 is 45.2. The van der Waals surface area contributed by atoms with Crippen LogP contribution in [-0.4, -0.2) is 44.4 Å². The first-order chi connectivity index (χ1) is 9.39. The van der Waals surface area contributed by atoms with Crippen molar-refractivity contribution in [2.45, 2.75) is 10.9 Å². The van der Waals surface area contributed by atoms with Gasteiger partial charge in [0.05, 0.1) is 29.3 Å². The Bertz CT molecular complexity index is 611. The molecule has 20 heavy (non-hydrogen) atoms. The van der Waals surface area contributed by atoms with Gasteiger partial charge >= 0.3 is 0 Å². The summed E-state index contributed by atoms with van der Waals surface area (Å²) in [4.78, 5) is -0.321. The number of hydrogen-bond donors (Lipinski definition) is 0. The minimum Gasteiger partial charge on any atom is -0.378 e. The van der Waals surface area contributed by atoms with E-state index in [0.29, 0.717) is 0 Å². The SMILES string of the molecule is O=S(=O)(c1ccc(Cl)c(F)c1Cl)N1CCOCC1CCl. The lowest BCUT2D eigenvalue weighted by Gasteiger charge is -2.33. The lowest BCUT2D eigenvalue weighted by Crippen LogP contribution is -2.49. The van der Waals surface area contributed by atoms with Crippen LogP contribution in [0.15, 0.2) is 17.0 Å². The summed E-state index contributed by atoms with van der Waals surface area (Å²) in [5.74, 6) is -0.877. The Kier molecular flexibility index (Phi) is 5.15. The van der Waals surface area contributed by atoms with Crippen LogP contribution in [0.2, 0.25) is 10.0 Å². The highest BCUT2D eigenvalue weighted by molar-refractivity contribution is 7.89. The number of rotatable bonds is 3. The van der Waals surface area contributed by atoms with Gasteiger partial charge in [-0.15, -0.1) is 11.6 Å². The van der Waals surface area contributed by atoms with Crippen LogP contribution in [0.5, 0.6) is 0 Å². The molecule has 4 nitrogen and oxygen atoms in total. The summed E-state index contributed by atoms with van der Waals surface area (Å²) in [6.45, 7) is 0.580. The van der Waals surface area contributed by atoms with E-state index in [1.54, 1.807) is 0 Å². The monoisotopic (exact) mass is 361 g/mol. The van der Waals surface area contributed by atoms with E-state index in [1.165, 1.54) is 10.4 Å². The van der Waals surface area contributed by atoms with Gasteiger partial charge in [0, 0.05) is 12.4 Å². The first-order valence-corrected chi connectivity index (χ1v) is 8.41. The molecule has 1 aliphatic heterocycles. The summed E-state index contributed by atoms with van der Waals surface area (Å²) >= 11 is 17.1. The lowest BCUT2D eigenvalue weighted by atomic mass is 10.3. The van der Waals surface area contributed by atoms with Gasteiger partial charge in [0.1, 0.15) is 4.90 Å². The Morgan fingerprint density at radius 1 is 1.40 bits per heavy atom. The summed E-state index contributed by atoms with van der Waals surface area (Å²) in [6, 6.07) is 1.83. The van der Waals surface area contributed by atoms with Crippen LogP contribution in [0.3, 0.4) is 0 Å². The van der Waals surface area contributed by atoms with Crippen LogP contribution in [0.1, 0.15) is 0 Å². The molecule has 1 saturated heterocycles. The first kappa shape index (κ1) is 16.3. The molecule has 0 aromatic heterocycles. The molecule has 1 heterocycles. The second kappa shape index (κ2) is 6.34. The van der Waals surface area contributed by atoms with Crippen molar-refractivity contribution in [3.05, 3.63) is 28.0 Å². The molecule has 0 bridgehead atoms. The molecule has 0 radical (unpaired) electrons. The van der Waals surface area contributed by atoms with Crippen LogP contribution in [0, 0.1) is 5.82 Å². The highest BCUT2D eigenvalue weighted by atomic mass is 35.5. The smallest absolute Gasteiger partial charge is 0.245 e. The first-order valence-electron chi connectivity index (χ1n) is 5.68. The second-order valence-corrected chi connectivity index (χ2v) is 7.13. The molecule has 1 fully saturated rings. The number of hydrogen-bond acceptors (Lipinski definition) is 3. The normalized spacial score (nSPS) is 21.1. The molecule has 0 saturated carbocycles. The minimum absolute atomic E-state index is 0.0763. The molecule has 1 atom stereocenters. The van der Waals surface area contributed by atoms with E-state index in [2.05, 4.69) is 0 Å². The van der Waals surface area contributed by atoms with Crippen molar-refractivity contribution in [3.8, 4) is 0 Å². The minimum atomic E-state index is -3.95. The zero-order chi connectivity index (χ0) is 14.9. The van der Waals surface area contributed by atoms with Crippen LogP contribution >= 0.6 is 34.8 Å². The van der Waals surface area contributed by atoms with Crippen LogP contribution in [0.25, 0.3) is 0 Å². The van der Waals surface area contributed by atoms with Crippen molar-refractivity contribution >= 4 is 44.8 Å². The van der Waals surface area contributed by atoms with Crippen LogP contribution < -0.4 is 0 Å². The predicted molar refractivity (Wildman–Crippen MR) is 75.6 cm³/mol. The average Bonchev–Trinajstić information content (AvgIpc) is 2.44. The lowest BCUT2D eigenvalue weighted by molar-refractivity contribution is 0.0404. The molecule has 1 aliphatic rings. The maximum absolute atomic E-state index is 13.7. The fourth-order valence-electron chi connectivity index (χ4n) is 1.91. The zero-order valence-electron chi connectivity index (χ0n) is 10.2. The van der Waals surface area contributed by atoms with E-state index >= 15 is 0 Å². The van der Waals surface area contributed by atoms with Crippen LogP contribution in [-0.2, 0) is 14.8 Å². The Labute approximate surface area is 131 Å².